The van der Waals surface area contributed by atoms with E-state index in [1.165, 1.54) is 5.56 Å². The van der Waals surface area contributed by atoms with Crippen LogP contribution in [0.15, 0.2) is 48.9 Å². The highest BCUT2D eigenvalue weighted by atomic mass is 16.2. The van der Waals surface area contributed by atoms with Crippen LogP contribution in [-0.4, -0.2) is 56.7 Å². The normalized spacial score (nSPS) is 14.1. The molecule has 144 valence electrons. The first-order valence-corrected chi connectivity index (χ1v) is 9.34. The first-order chi connectivity index (χ1) is 13.7. The maximum Gasteiger partial charge on any atom is 0.257 e. The number of benzene rings is 1. The van der Waals surface area contributed by atoms with Gasteiger partial charge >= 0.3 is 0 Å². The first kappa shape index (κ1) is 18.1. The summed E-state index contributed by atoms with van der Waals surface area (Å²) < 4.78 is 1.84. The molecule has 0 atom stereocenters. The molecule has 8 heteroatoms. The number of hydrogen-bond acceptors (Lipinski definition) is 6. The van der Waals surface area contributed by atoms with E-state index in [-0.39, 0.29) is 5.91 Å². The molecular weight excluding hydrogens is 354 g/mol. The minimum absolute atomic E-state index is 0.0285. The van der Waals surface area contributed by atoms with E-state index < -0.39 is 0 Å². The first-order valence-electron chi connectivity index (χ1n) is 9.34. The highest BCUT2D eigenvalue weighted by molar-refractivity contribution is 5.93. The topological polar surface area (TPSA) is 88.0 Å². The van der Waals surface area contributed by atoms with Crippen molar-refractivity contribution < 1.29 is 4.79 Å². The van der Waals surface area contributed by atoms with Gasteiger partial charge in [0, 0.05) is 52.0 Å². The molecule has 1 amide bonds. The molecule has 1 fully saturated rings. The third-order valence-electron chi connectivity index (χ3n) is 4.83. The molecule has 1 aliphatic rings. The van der Waals surface area contributed by atoms with E-state index >= 15 is 0 Å². The van der Waals surface area contributed by atoms with Crippen LogP contribution < -0.4 is 10.6 Å². The van der Waals surface area contributed by atoms with Gasteiger partial charge in [-0.1, -0.05) is 30.3 Å². The Labute approximate surface area is 163 Å². The predicted octanol–water partition coefficient (Wildman–Crippen LogP) is 1.59. The Bertz CT molecular complexity index is 931. The monoisotopic (exact) mass is 377 g/mol. The van der Waals surface area contributed by atoms with Crippen molar-refractivity contribution in [2.24, 2.45) is 7.05 Å². The van der Waals surface area contributed by atoms with E-state index in [0.717, 1.165) is 30.9 Å². The Morgan fingerprint density at radius 2 is 1.82 bits per heavy atom. The third kappa shape index (κ3) is 4.01. The zero-order valence-corrected chi connectivity index (χ0v) is 15.8. The van der Waals surface area contributed by atoms with Crippen LogP contribution in [0.2, 0.25) is 0 Å². The van der Waals surface area contributed by atoms with Crippen molar-refractivity contribution in [2.45, 2.75) is 6.42 Å². The highest BCUT2D eigenvalue weighted by Gasteiger charge is 2.19. The number of carbonyl (C=O) groups excluding carboxylic acids is 1. The fourth-order valence-electron chi connectivity index (χ4n) is 3.24. The van der Waals surface area contributed by atoms with E-state index in [4.69, 9.17) is 0 Å². The third-order valence-corrected chi connectivity index (χ3v) is 4.83. The summed E-state index contributed by atoms with van der Waals surface area (Å²) >= 11 is 0. The van der Waals surface area contributed by atoms with Crippen molar-refractivity contribution in [3.8, 4) is 0 Å². The molecule has 0 aliphatic carbocycles. The molecule has 4 rings (SSSR count). The van der Waals surface area contributed by atoms with E-state index in [1.807, 2.05) is 34.8 Å². The van der Waals surface area contributed by atoms with Gasteiger partial charge in [-0.2, -0.15) is 5.10 Å². The number of nitrogens with zero attached hydrogens (tertiary/aromatic N) is 5. The summed E-state index contributed by atoms with van der Waals surface area (Å²) in [4.78, 5) is 23.0. The number of nitrogens with one attached hydrogen (secondary N) is 2. The van der Waals surface area contributed by atoms with Gasteiger partial charge in [-0.25, -0.2) is 9.97 Å². The lowest BCUT2D eigenvalue weighted by molar-refractivity contribution is 0.0735. The van der Waals surface area contributed by atoms with Crippen LogP contribution >= 0.6 is 0 Å². The van der Waals surface area contributed by atoms with Crippen molar-refractivity contribution in [1.82, 2.24) is 30.0 Å². The summed E-state index contributed by atoms with van der Waals surface area (Å²) in [6.07, 6.45) is 5.67. The number of aromatic nitrogens is 4. The van der Waals surface area contributed by atoms with E-state index in [0.29, 0.717) is 24.6 Å². The lowest BCUT2D eigenvalue weighted by atomic mass is 10.1. The minimum Gasteiger partial charge on any atom is -0.336 e. The number of aryl methyl sites for hydroxylation is 1. The van der Waals surface area contributed by atoms with Crippen LogP contribution in [0.4, 0.5) is 11.6 Å². The van der Waals surface area contributed by atoms with E-state index in [1.54, 1.807) is 18.6 Å². The summed E-state index contributed by atoms with van der Waals surface area (Å²) in [6.45, 7) is 3.05. The van der Waals surface area contributed by atoms with Crippen LogP contribution in [0.1, 0.15) is 21.6 Å². The fourth-order valence-corrected chi connectivity index (χ4v) is 3.24. The van der Waals surface area contributed by atoms with Crippen LogP contribution in [0.25, 0.3) is 0 Å². The van der Waals surface area contributed by atoms with Gasteiger partial charge in [-0.3, -0.25) is 9.48 Å². The van der Waals surface area contributed by atoms with Gasteiger partial charge in [0.05, 0.1) is 23.1 Å². The second-order valence-corrected chi connectivity index (χ2v) is 6.75. The Morgan fingerprint density at radius 3 is 2.54 bits per heavy atom. The second-order valence-electron chi connectivity index (χ2n) is 6.75. The Morgan fingerprint density at radius 1 is 1.11 bits per heavy atom. The molecule has 0 radical (unpaired) electrons. The van der Waals surface area contributed by atoms with Crippen molar-refractivity contribution in [2.75, 3.05) is 31.5 Å². The van der Waals surface area contributed by atoms with Gasteiger partial charge in [-0.15, -0.1) is 0 Å². The van der Waals surface area contributed by atoms with Gasteiger partial charge in [0.15, 0.2) is 0 Å². The number of rotatable bonds is 5. The Hall–Kier alpha value is -3.26. The standard InChI is InChI=1S/C20H23N7O/c1-26-18(11-15-5-3-2-4-6-15)17(14-24-26)25-20-22-12-16(13-23-20)19(28)27-9-7-21-8-10-27/h2-6,12-14,21H,7-11H2,1H3,(H,22,23,25). The zero-order chi connectivity index (χ0) is 19.3. The molecule has 3 heterocycles. The van der Waals surface area contributed by atoms with Gasteiger partial charge in [-0.05, 0) is 5.56 Å². The van der Waals surface area contributed by atoms with E-state index in [2.05, 4.69) is 37.8 Å². The van der Waals surface area contributed by atoms with Gasteiger partial charge in [0.2, 0.25) is 5.95 Å². The molecule has 0 bridgehead atoms. The predicted molar refractivity (Wildman–Crippen MR) is 107 cm³/mol. The lowest BCUT2D eigenvalue weighted by Crippen LogP contribution is -2.46. The number of carbonyl (C=O) groups is 1. The molecule has 0 spiro atoms. The summed E-state index contributed by atoms with van der Waals surface area (Å²) in [5, 5.41) is 10.8. The quantitative estimate of drug-likeness (QED) is 0.702. The molecule has 3 aromatic rings. The Kier molecular flexibility index (Phi) is 5.29. The molecule has 1 saturated heterocycles. The lowest BCUT2D eigenvalue weighted by Gasteiger charge is -2.27. The average Bonchev–Trinajstić information content (AvgIpc) is 3.09. The van der Waals surface area contributed by atoms with Gasteiger partial charge in [0.25, 0.3) is 5.91 Å². The minimum atomic E-state index is -0.0285. The number of amides is 1. The summed E-state index contributed by atoms with van der Waals surface area (Å²) in [6, 6.07) is 10.2. The van der Waals surface area contributed by atoms with Crippen molar-refractivity contribution >= 4 is 17.5 Å². The maximum atomic E-state index is 12.5. The van der Waals surface area contributed by atoms with Crippen LogP contribution in [0.3, 0.4) is 0 Å². The second kappa shape index (κ2) is 8.18. The number of piperazine rings is 1. The van der Waals surface area contributed by atoms with Gasteiger partial charge < -0.3 is 15.5 Å². The molecule has 2 N–H and O–H groups in total. The summed E-state index contributed by atoms with van der Waals surface area (Å²) in [5.74, 6) is 0.415. The van der Waals surface area contributed by atoms with Crippen LogP contribution in [0.5, 0.6) is 0 Å². The molecular formula is C20H23N7O. The Balaban J connectivity index is 1.47. The molecule has 2 aromatic heterocycles. The number of hydrogen-bond donors (Lipinski definition) is 2. The van der Waals surface area contributed by atoms with Gasteiger partial charge in [0.1, 0.15) is 0 Å². The average molecular weight is 377 g/mol. The highest BCUT2D eigenvalue weighted by Crippen LogP contribution is 2.21. The largest absolute Gasteiger partial charge is 0.336 e. The molecule has 0 saturated carbocycles. The zero-order valence-electron chi connectivity index (χ0n) is 15.8. The van der Waals surface area contributed by atoms with Crippen molar-refractivity contribution in [3.05, 3.63) is 65.7 Å². The molecule has 0 unspecified atom stereocenters. The number of anilines is 2. The van der Waals surface area contributed by atoms with E-state index in [9.17, 15) is 4.79 Å². The molecule has 28 heavy (non-hydrogen) atoms. The van der Waals surface area contributed by atoms with Crippen molar-refractivity contribution in [1.29, 1.82) is 0 Å². The smallest absolute Gasteiger partial charge is 0.257 e. The fraction of sp³-hybridized carbons (Fsp3) is 0.300. The van der Waals surface area contributed by atoms with Crippen LogP contribution in [-0.2, 0) is 13.5 Å². The van der Waals surface area contributed by atoms with Crippen LogP contribution in [0, 0.1) is 0 Å². The molecule has 1 aromatic carbocycles. The SMILES string of the molecule is Cn1ncc(Nc2ncc(C(=O)N3CCNCC3)cn2)c1Cc1ccccc1. The maximum absolute atomic E-state index is 12.5. The summed E-state index contributed by atoms with van der Waals surface area (Å²) in [5.41, 5.74) is 3.60. The molecule has 8 nitrogen and oxygen atoms in total. The van der Waals surface area contributed by atoms with Crippen molar-refractivity contribution in [3.63, 3.8) is 0 Å². The molecule has 1 aliphatic heterocycles. The summed E-state index contributed by atoms with van der Waals surface area (Å²) in [7, 11) is 1.92.